The second-order valence-electron chi connectivity index (χ2n) is 10.5. The highest BCUT2D eigenvalue weighted by Gasteiger charge is 2.57. The zero-order valence-corrected chi connectivity index (χ0v) is 19.3. The molecule has 3 N–H and O–H groups in total. The first-order valence-corrected chi connectivity index (χ1v) is 12.3. The molecule has 2 heterocycles. The lowest BCUT2D eigenvalue weighted by Gasteiger charge is -2.51. The molecule has 178 valence electrons. The molecule has 0 spiro atoms. The number of aliphatic hydroxyl groups excluding tert-OH is 1. The number of nitrogens with one attached hydrogen (secondary N) is 2. The van der Waals surface area contributed by atoms with Crippen LogP contribution in [0.1, 0.15) is 73.2 Å². The molecule has 34 heavy (non-hydrogen) atoms. The predicted molar refractivity (Wildman–Crippen MR) is 125 cm³/mol. The summed E-state index contributed by atoms with van der Waals surface area (Å²) in [7, 11) is 0. The molecule has 1 fully saturated rings. The van der Waals surface area contributed by atoms with Crippen LogP contribution in [0.5, 0.6) is 0 Å². The molecule has 3 aliphatic rings. The van der Waals surface area contributed by atoms with Crippen molar-refractivity contribution in [3.63, 3.8) is 0 Å². The lowest BCUT2D eigenvalue weighted by atomic mass is 9.53. The maximum atomic E-state index is 14.6. The molecule has 0 saturated heterocycles. The molecule has 0 amide bonds. The average Bonchev–Trinajstić information content (AvgIpc) is 3.40. The van der Waals surface area contributed by atoms with Gasteiger partial charge in [-0.05, 0) is 97.1 Å². The summed E-state index contributed by atoms with van der Waals surface area (Å²) >= 11 is 0. The number of aromatic nitrogens is 3. The number of rotatable bonds is 5. The van der Waals surface area contributed by atoms with Crippen LogP contribution in [-0.4, -0.2) is 26.5 Å². The topological polar surface area (TPSA) is 73.8 Å². The predicted octanol–water partition coefficient (Wildman–Crippen LogP) is 5.40. The Morgan fingerprint density at radius 1 is 1.18 bits per heavy atom. The number of benzene rings is 1. The van der Waals surface area contributed by atoms with Gasteiger partial charge in [-0.1, -0.05) is 19.1 Å². The molecule has 3 aromatic rings. The fraction of sp³-hybridized carbons (Fsp3) is 0.481. The molecular weight excluding hydrogens is 434 g/mol. The highest BCUT2D eigenvalue weighted by atomic mass is 19.1. The summed E-state index contributed by atoms with van der Waals surface area (Å²) in [5.74, 6) is 1.54. The Hall–Kier alpha value is -2.80. The first kappa shape index (κ1) is 21.7. The van der Waals surface area contributed by atoms with Gasteiger partial charge in [-0.2, -0.15) is 5.10 Å². The van der Waals surface area contributed by atoms with Crippen molar-refractivity contribution in [1.82, 2.24) is 15.2 Å². The van der Waals surface area contributed by atoms with E-state index in [1.807, 2.05) is 12.3 Å². The Morgan fingerprint density at radius 2 is 2.06 bits per heavy atom. The summed E-state index contributed by atoms with van der Waals surface area (Å²) in [6.45, 7) is 2.36. The van der Waals surface area contributed by atoms with Gasteiger partial charge in [0.15, 0.2) is 0 Å². The number of aliphatic hydroxyl groups is 1. The van der Waals surface area contributed by atoms with Crippen molar-refractivity contribution in [3.8, 4) is 0 Å². The maximum Gasteiger partial charge on any atom is 0.141 e. The summed E-state index contributed by atoms with van der Waals surface area (Å²) in [5.41, 5.74) is 4.64. The molecule has 7 heteroatoms. The molecule has 6 atom stereocenters. The molecule has 1 saturated carbocycles. The van der Waals surface area contributed by atoms with Gasteiger partial charge in [0.2, 0.25) is 0 Å². The van der Waals surface area contributed by atoms with Gasteiger partial charge >= 0.3 is 0 Å². The second-order valence-corrected chi connectivity index (χ2v) is 10.5. The minimum Gasteiger partial charge on any atom is -0.374 e. The lowest BCUT2D eigenvalue weighted by Crippen LogP contribution is -2.44. The number of halogens is 2. The van der Waals surface area contributed by atoms with E-state index in [2.05, 4.69) is 33.5 Å². The first-order valence-electron chi connectivity index (χ1n) is 12.3. The fourth-order valence-corrected chi connectivity index (χ4v) is 7.46. The zero-order valence-electron chi connectivity index (χ0n) is 19.3. The van der Waals surface area contributed by atoms with Crippen LogP contribution in [0, 0.1) is 23.5 Å². The van der Waals surface area contributed by atoms with Crippen molar-refractivity contribution in [3.05, 3.63) is 76.7 Å². The van der Waals surface area contributed by atoms with Crippen LogP contribution >= 0.6 is 0 Å². The van der Waals surface area contributed by atoms with Gasteiger partial charge < -0.3 is 10.4 Å². The normalized spacial score (nSPS) is 30.1. The van der Waals surface area contributed by atoms with Gasteiger partial charge in [-0.25, -0.2) is 13.8 Å². The molecule has 6 rings (SSSR count). The van der Waals surface area contributed by atoms with Gasteiger partial charge in [0.1, 0.15) is 23.7 Å². The van der Waals surface area contributed by atoms with Crippen molar-refractivity contribution < 1.29 is 13.9 Å². The van der Waals surface area contributed by atoms with E-state index < -0.39 is 12.0 Å². The van der Waals surface area contributed by atoms with Gasteiger partial charge in [0, 0.05) is 11.1 Å². The molecule has 4 unspecified atom stereocenters. The Morgan fingerprint density at radius 3 is 2.88 bits per heavy atom. The van der Waals surface area contributed by atoms with Crippen molar-refractivity contribution in [2.45, 2.75) is 68.9 Å². The highest BCUT2D eigenvalue weighted by Crippen LogP contribution is 2.64. The van der Waals surface area contributed by atoms with Crippen molar-refractivity contribution in [2.75, 3.05) is 5.32 Å². The summed E-state index contributed by atoms with van der Waals surface area (Å²) in [6, 6.07) is 8.43. The van der Waals surface area contributed by atoms with E-state index in [0.29, 0.717) is 30.0 Å². The quantitative estimate of drug-likeness (QED) is 0.442. The maximum absolute atomic E-state index is 14.6. The van der Waals surface area contributed by atoms with Crippen molar-refractivity contribution >= 4 is 5.82 Å². The molecule has 3 aliphatic carbocycles. The smallest absolute Gasteiger partial charge is 0.141 e. The van der Waals surface area contributed by atoms with Gasteiger partial charge in [0.05, 0.1) is 12.4 Å². The summed E-state index contributed by atoms with van der Waals surface area (Å²) < 4.78 is 27.7. The van der Waals surface area contributed by atoms with E-state index in [0.717, 1.165) is 43.9 Å². The molecule has 2 aromatic heterocycles. The molecule has 5 nitrogen and oxygen atoms in total. The standard InChI is InChI=1S/C27H30F2N4O/c1-27-12-11-17-16-3-2-4-22(29)18(16)6-7-19(17)25(27)20(21-14-31-33-26(21)27)8-10-24(34)32-23-9-5-15(28)13-30-23/h2-5,9,13-14,17,19-20,24-25,34H,6-8,10-12H2,1H3,(H,30,32)(H,31,33)/t17?,19?,20-,24?,25?,27+/m1/s1. The summed E-state index contributed by atoms with van der Waals surface area (Å²) in [4.78, 5) is 3.99. The Balaban J connectivity index is 1.26. The van der Waals surface area contributed by atoms with Crippen LogP contribution in [0.15, 0.2) is 42.7 Å². The number of nitrogens with zero attached hydrogens (tertiary/aromatic N) is 2. The van der Waals surface area contributed by atoms with E-state index in [-0.39, 0.29) is 17.2 Å². The van der Waals surface area contributed by atoms with E-state index in [4.69, 9.17) is 0 Å². The number of anilines is 1. The van der Waals surface area contributed by atoms with E-state index in [1.165, 1.54) is 29.0 Å². The largest absolute Gasteiger partial charge is 0.374 e. The van der Waals surface area contributed by atoms with Crippen molar-refractivity contribution in [1.29, 1.82) is 0 Å². The van der Waals surface area contributed by atoms with E-state index in [1.54, 1.807) is 6.07 Å². The Kier molecular flexibility index (Phi) is 5.21. The van der Waals surface area contributed by atoms with Crippen molar-refractivity contribution in [2.24, 2.45) is 11.8 Å². The van der Waals surface area contributed by atoms with Crippen LogP contribution in [0.3, 0.4) is 0 Å². The van der Waals surface area contributed by atoms with Crippen LogP contribution < -0.4 is 5.32 Å². The SMILES string of the molecule is C[C@]12CCC3c4cccc(F)c4CCC3C1[C@H](CCC(O)Nc1ccc(F)cn1)c1cn[nH]c12. The summed E-state index contributed by atoms with van der Waals surface area (Å²) in [6.07, 6.45) is 7.56. The van der Waals surface area contributed by atoms with Gasteiger partial charge in [-0.3, -0.25) is 5.10 Å². The third-order valence-corrected chi connectivity index (χ3v) is 8.84. The number of hydrogen-bond acceptors (Lipinski definition) is 4. The van der Waals surface area contributed by atoms with Gasteiger partial charge in [0.25, 0.3) is 0 Å². The fourth-order valence-electron chi connectivity index (χ4n) is 7.46. The number of aromatic amines is 1. The minimum absolute atomic E-state index is 0.0133. The number of pyridine rings is 1. The van der Waals surface area contributed by atoms with E-state index in [9.17, 15) is 13.9 Å². The third-order valence-electron chi connectivity index (χ3n) is 8.84. The van der Waals surface area contributed by atoms with Crippen LogP contribution in [0.2, 0.25) is 0 Å². The number of H-pyrrole nitrogens is 1. The second kappa shape index (κ2) is 8.15. The first-order chi connectivity index (χ1) is 16.5. The molecule has 0 radical (unpaired) electrons. The lowest BCUT2D eigenvalue weighted by molar-refractivity contribution is 0.0747. The highest BCUT2D eigenvalue weighted by molar-refractivity contribution is 5.43. The number of fused-ring (bicyclic) bond motifs is 7. The summed E-state index contributed by atoms with van der Waals surface area (Å²) in [5, 5.41) is 21.4. The van der Waals surface area contributed by atoms with Crippen LogP contribution in [-0.2, 0) is 11.8 Å². The van der Waals surface area contributed by atoms with E-state index >= 15 is 0 Å². The number of hydrogen-bond donors (Lipinski definition) is 3. The van der Waals surface area contributed by atoms with Gasteiger partial charge in [-0.15, -0.1) is 0 Å². The molecule has 1 aromatic carbocycles. The average molecular weight is 465 g/mol. The molecular formula is C27H30F2N4O. The third kappa shape index (κ3) is 3.35. The minimum atomic E-state index is -0.777. The Bertz CT molecular complexity index is 1200. The zero-order chi connectivity index (χ0) is 23.4. The monoisotopic (exact) mass is 464 g/mol. The van der Waals surface area contributed by atoms with Crippen LogP contribution in [0.25, 0.3) is 0 Å². The molecule has 0 bridgehead atoms. The molecule has 0 aliphatic heterocycles. The Labute approximate surface area is 198 Å². The van der Waals surface area contributed by atoms with Crippen LogP contribution in [0.4, 0.5) is 14.6 Å².